The van der Waals surface area contributed by atoms with Gasteiger partial charge in [-0.25, -0.2) is 4.68 Å². The number of H-pyrrole nitrogens is 1. The van der Waals surface area contributed by atoms with Gasteiger partial charge in [-0.3, -0.25) is 4.79 Å². The summed E-state index contributed by atoms with van der Waals surface area (Å²) in [5.41, 5.74) is 3.56. The van der Waals surface area contributed by atoms with E-state index in [0.717, 1.165) is 58.1 Å². The van der Waals surface area contributed by atoms with Crippen molar-refractivity contribution in [2.24, 2.45) is 0 Å². The summed E-state index contributed by atoms with van der Waals surface area (Å²) in [5, 5.41) is 5.56. The van der Waals surface area contributed by atoms with E-state index in [0.29, 0.717) is 6.73 Å². The van der Waals surface area contributed by atoms with Crippen molar-refractivity contribution < 1.29 is 4.74 Å². The average molecular weight is 402 g/mol. The predicted octanol–water partition coefficient (Wildman–Crippen LogP) is 4.64. The van der Waals surface area contributed by atoms with Gasteiger partial charge in [0.05, 0.1) is 6.20 Å². The lowest BCUT2D eigenvalue weighted by atomic mass is 9.93. The molecule has 144 valence electrons. The quantitative estimate of drug-likeness (QED) is 0.483. The number of nitrogens with one attached hydrogen (secondary N) is 1. The zero-order valence-electron chi connectivity index (χ0n) is 16.3. The predicted molar refractivity (Wildman–Crippen MR) is 114 cm³/mol. The van der Waals surface area contributed by atoms with Gasteiger partial charge in [0.1, 0.15) is 11.4 Å². The number of hydrogen-bond donors (Lipinski definition) is 1. The van der Waals surface area contributed by atoms with Crippen molar-refractivity contribution in [2.75, 3.05) is 6.61 Å². The molecule has 0 saturated heterocycles. The number of nitrogens with zero attached hydrogens (tertiary/aromatic N) is 2. The topological polar surface area (TPSA) is 59.9 Å². The van der Waals surface area contributed by atoms with Gasteiger partial charge in [0, 0.05) is 42.4 Å². The molecule has 1 aliphatic carbocycles. The number of ether oxygens (including phenoxy) is 1. The molecule has 0 spiro atoms. The normalized spacial score (nSPS) is 14.6. The van der Waals surface area contributed by atoms with E-state index in [1.54, 1.807) is 11.3 Å². The van der Waals surface area contributed by atoms with E-state index in [9.17, 15) is 4.79 Å². The highest BCUT2D eigenvalue weighted by Gasteiger charge is 2.18. The maximum atomic E-state index is 12.5. The fourth-order valence-electron chi connectivity index (χ4n) is 3.56. The molecule has 0 amide bonds. The molecule has 27 heavy (non-hydrogen) atoms. The molecule has 3 aromatic heterocycles. The third-order valence-corrected chi connectivity index (χ3v) is 8.02. The molecule has 1 N–H and O–H groups in total. The second kappa shape index (κ2) is 7.37. The number of aromatic nitrogens is 3. The summed E-state index contributed by atoms with van der Waals surface area (Å²) < 4.78 is 8.46. The van der Waals surface area contributed by atoms with E-state index >= 15 is 0 Å². The van der Waals surface area contributed by atoms with Crippen LogP contribution in [0.15, 0.2) is 23.3 Å². The van der Waals surface area contributed by atoms with E-state index in [1.165, 1.54) is 12.0 Å². The van der Waals surface area contributed by atoms with Crippen LogP contribution in [-0.2, 0) is 24.3 Å². The molecule has 0 radical (unpaired) electrons. The number of pyridine rings is 1. The molecule has 1 aliphatic rings. The zero-order chi connectivity index (χ0) is 19.0. The molecule has 7 heteroatoms. The molecule has 0 aliphatic heterocycles. The molecule has 0 fully saturated rings. The average Bonchev–Trinajstić information content (AvgIpc) is 3.25. The highest BCUT2D eigenvalue weighted by Crippen LogP contribution is 2.35. The van der Waals surface area contributed by atoms with Gasteiger partial charge in [0.2, 0.25) is 0 Å². The zero-order valence-corrected chi connectivity index (χ0v) is 18.1. The molecule has 0 aromatic carbocycles. The lowest BCUT2D eigenvalue weighted by Crippen LogP contribution is -2.22. The Hall–Kier alpha value is -1.70. The van der Waals surface area contributed by atoms with Gasteiger partial charge in [0.25, 0.3) is 5.56 Å². The minimum absolute atomic E-state index is 0.0453. The first-order chi connectivity index (χ1) is 12.9. The minimum Gasteiger partial charge on any atom is -0.360 e. The minimum atomic E-state index is -1.07. The van der Waals surface area contributed by atoms with Gasteiger partial charge >= 0.3 is 0 Å². The van der Waals surface area contributed by atoms with Crippen LogP contribution in [0.5, 0.6) is 0 Å². The number of aromatic amines is 1. The van der Waals surface area contributed by atoms with Gasteiger partial charge < -0.3 is 9.72 Å². The van der Waals surface area contributed by atoms with Gasteiger partial charge in [0.15, 0.2) is 0 Å². The number of fused-ring (bicyclic) bond motifs is 3. The molecule has 4 rings (SSSR count). The van der Waals surface area contributed by atoms with Crippen molar-refractivity contribution in [3.8, 4) is 10.4 Å². The first-order valence-corrected chi connectivity index (χ1v) is 14.2. The lowest BCUT2D eigenvalue weighted by molar-refractivity contribution is 0.0786. The SMILES string of the molecule is C[Si](C)(C)CCOCn1cc(-c2cc3c4c([nH]c(=O)c3s2)CCCC4)cn1. The largest absolute Gasteiger partial charge is 0.360 e. The Morgan fingerprint density at radius 2 is 2.11 bits per heavy atom. The lowest BCUT2D eigenvalue weighted by Gasteiger charge is -2.15. The molecular formula is C20H27N3O2SSi. The van der Waals surface area contributed by atoms with Gasteiger partial charge in [-0.1, -0.05) is 19.6 Å². The highest BCUT2D eigenvalue weighted by atomic mass is 32.1. The summed E-state index contributed by atoms with van der Waals surface area (Å²) in [7, 11) is -1.07. The Balaban J connectivity index is 1.54. The van der Waals surface area contributed by atoms with Crippen LogP contribution in [0.2, 0.25) is 25.7 Å². The van der Waals surface area contributed by atoms with E-state index in [4.69, 9.17) is 4.74 Å². The van der Waals surface area contributed by atoms with Gasteiger partial charge in [-0.05, 0) is 43.4 Å². The second-order valence-electron chi connectivity index (χ2n) is 8.59. The number of thiophene rings is 1. The Bertz CT molecular complexity index is 1010. The first-order valence-electron chi connectivity index (χ1n) is 9.69. The molecule has 0 unspecified atom stereocenters. The third kappa shape index (κ3) is 4.10. The van der Waals surface area contributed by atoms with E-state index in [-0.39, 0.29) is 5.56 Å². The van der Waals surface area contributed by atoms with E-state index < -0.39 is 8.07 Å². The van der Waals surface area contributed by atoms with Crippen molar-refractivity contribution in [2.45, 2.75) is 58.1 Å². The summed E-state index contributed by atoms with van der Waals surface area (Å²) in [4.78, 5) is 16.7. The molecule has 3 heterocycles. The highest BCUT2D eigenvalue weighted by molar-refractivity contribution is 7.22. The Labute approximate surface area is 164 Å². The summed E-state index contributed by atoms with van der Waals surface area (Å²) >= 11 is 1.56. The molecule has 0 bridgehead atoms. The van der Waals surface area contributed by atoms with Crippen molar-refractivity contribution in [3.63, 3.8) is 0 Å². The third-order valence-electron chi connectivity index (χ3n) is 5.13. The molecule has 0 atom stereocenters. The van der Waals surface area contributed by atoms with Crippen LogP contribution in [0.3, 0.4) is 0 Å². The van der Waals surface area contributed by atoms with Crippen LogP contribution in [0, 0.1) is 0 Å². The second-order valence-corrected chi connectivity index (χ2v) is 15.3. The van der Waals surface area contributed by atoms with Gasteiger partial charge in [-0.15, -0.1) is 11.3 Å². The molecular weight excluding hydrogens is 374 g/mol. The fraction of sp³-hybridized carbons (Fsp3) is 0.500. The first kappa shape index (κ1) is 18.7. The van der Waals surface area contributed by atoms with Crippen molar-refractivity contribution in [1.82, 2.24) is 14.8 Å². The van der Waals surface area contributed by atoms with Crippen molar-refractivity contribution >= 4 is 29.5 Å². The van der Waals surface area contributed by atoms with Crippen LogP contribution in [0.4, 0.5) is 0 Å². The van der Waals surface area contributed by atoms with Crippen LogP contribution < -0.4 is 5.56 Å². The molecule has 3 aromatic rings. The summed E-state index contributed by atoms with van der Waals surface area (Å²) in [5.74, 6) is 0. The van der Waals surface area contributed by atoms with Crippen LogP contribution >= 0.6 is 11.3 Å². The Morgan fingerprint density at radius 3 is 2.93 bits per heavy atom. The molecule has 5 nitrogen and oxygen atoms in total. The summed E-state index contributed by atoms with van der Waals surface area (Å²) in [6.07, 6.45) is 8.29. The standard InChI is InChI=1S/C20H27N3O2SSi/c1-27(2,3)9-8-25-13-23-12-14(11-21-23)18-10-16-15-6-4-5-7-17(15)22-20(24)19(16)26-18/h10-12H,4-9,13H2,1-3H3,(H,22,24). The van der Waals surface area contributed by atoms with Crippen molar-refractivity contribution in [1.29, 1.82) is 0 Å². The van der Waals surface area contributed by atoms with Crippen molar-refractivity contribution in [3.05, 3.63) is 40.1 Å². The molecule has 0 saturated carbocycles. The maximum Gasteiger partial charge on any atom is 0.266 e. The van der Waals surface area contributed by atoms with Gasteiger partial charge in [-0.2, -0.15) is 5.10 Å². The fourth-order valence-corrected chi connectivity index (χ4v) is 5.37. The Kier molecular flexibility index (Phi) is 5.09. The number of rotatable bonds is 6. The number of aryl methyl sites for hydroxylation is 2. The maximum absolute atomic E-state index is 12.5. The summed E-state index contributed by atoms with van der Waals surface area (Å²) in [6.45, 7) is 8.32. The van der Waals surface area contributed by atoms with Crippen LogP contribution in [0.25, 0.3) is 20.5 Å². The summed E-state index contributed by atoms with van der Waals surface area (Å²) in [6, 6.07) is 3.33. The van der Waals surface area contributed by atoms with Crippen LogP contribution in [0.1, 0.15) is 24.1 Å². The number of hydrogen-bond acceptors (Lipinski definition) is 4. The Morgan fingerprint density at radius 1 is 1.30 bits per heavy atom. The van der Waals surface area contributed by atoms with E-state index in [1.807, 2.05) is 17.1 Å². The van der Waals surface area contributed by atoms with E-state index in [2.05, 4.69) is 35.8 Å². The smallest absolute Gasteiger partial charge is 0.266 e. The monoisotopic (exact) mass is 401 g/mol. The van der Waals surface area contributed by atoms with Crippen LogP contribution in [-0.4, -0.2) is 29.4 Å².